The second kappa shape index (κ2) is 6.04. The van der Waals surface area contributed by atoms with Crippen LogP contribution < -0.4 is 4.31 Å². The highest BCUT2D eigenvalue weighted by atomic mass is 32.2. The van der Waals surface area contributed by atoms with E-state index in [1.54, 1.807) is 13.0 Å². The van der Waals surface area contributed by atoms with Crippen LogP contribution in [0, 0.1) is 20.8 Å². The summed E-state index contributed by atoms with van der Waals surface area (Å²) in [5.74, 6) is -1.16. The van der Waals surface area contributed by atoms with Crippen molar-refractivity contribution >= 4 is 21.7 Å². The smallest absolute Gasteiger partial charge is 0.335 e. The third-order valence-electron chi connectivity index (χ3n) is 3.78. The number of hydrogen-bond acceptors (Lipinski definition) is 3. The SMILES string of the molecule is Cc1ccc(C)c(N(C)S(=O)(=O)c2cc(C(=O)O)ccc2C)c1. The van der Waals surface area contributed by atoms with Crippen LogP contribution in [0.4, 0.5) is 5.69 Å². The zero-order valence-electron chi connectivity index (χ0n) is 13.5. The van der Waals surface area contributed by atoms with Crippen LogP contribution in [0.15, 0.2) is 41.3 Å². The molecule has 6 heteroatoms. The zero-order valence-corrected chi connectivity index (χ0v) is 14.3. The van der Waals surface area contributed by atoms with Crippen molar-refractivity contribution in [3.05, 3.63) is 58.7 Å². The predicted octanol–water partition coefficient (Wildman–Crippen LogP) is 3.14. The summed E-state index contributed by atoms with van der Waals surface area (Å²) in [5.41, 5.74) is 2.80. The Hall–Kier alpha value is -2.34. The van der Waals surface area contributed by atoms with E-state index in [1.165, 1.54) is 29.6 Å². The molecule has 0 aliphatic rings. The lowest BCUT2D eigenvalue weighted by Crippen LogP contribution is -2.28. The number of benzene rings is 2. The Morgan fingerprint density at radius 3 is 2.22 bits per heavy atom. The number of hydrogen-bond donors (Lipinski definition) is 1. The molecule has 0 fully saturated rings. The number of aryl methyl sites for hydroxylation is 3. The number of rotatable bonds is 4. The average molecular weight is 333 g/mol. The van der Waals surface area contributed by atoms with Crippen LogP contribution in [0.25, 0.3) is 0 Å². The van der Waals surface area contributed by atoms with E-state index in [0.717, 1.165) is 11.1 Å². The highest BCUT2D eigenvalue weighted by Crippen LogP contribution is 2.28. The quantitative estimate of drug-likeness (QED) is 0.933. The number of anilines is 1. The fraction of sp³-hybridized carbons (Fsp3) is 0.235. The summed E-state index contributed by atoms with van der Waals surface area (Å²) in [6.07, 6.45) is 0. The molecule has 0 bridgehead atoms. The van der Waals surface area contributed by atoms with Gasteiger partial charge >= 0.3 is 5.97 Å². The van der Waals surface area contributed by atoms with Gasteiger partial charge in [0.05, 0.1) is 16.1 Å². The van der Waals surface area contributed by atoms with Gasteiger partial charge in [-0.3, -0.25) is 4.31 Å². The van der Waals surface area contributed by atoms with Crippen LogP contribution in [0.2, 0.25) is 0 Å². The molecule has 2 rings (SSSR count). The van der Waals surface area contributed by atoms with Crippen LogP contribution in [0.1, 0.15) is 27.0 Å². The lowest BCUT2D eigenvalue weighted by Gasteiger charge is -2.23. The second-order valence-electron chi connectivity index (χ2n) is 5.55. The van der Waals surface area contributed by atoms with Crippen molar-refractivity contribution in [1.82, 2.24) is 0 Å². The number of carboxylic acid groups (broad SMARTS) is 1. The van der Waals surface area contributed by atoms with Crippen molar-refractivity contribution in [2.24, 2.45) is 0 Å². The number of nitrogens with zero attached hydrogens (tertiary/aromatic N) is 1. The first-order valence-electron chi connectivity index (χ1n) is 7.04. The van der Waals surface area contributed by atoms with Crippen LogP contribution in [-0.4, -0.2) is 26.5 Å². The van der Waals surface area contributed by atoms with Crippen LogP contribution in [-0.2, 0) is 10.0 Å². The first-order chi connectivity index (χ1) is 10.6. The molecule has 2 aromatic carbocycles. The lowest BCUT2D eigenvalue weighted by molar-refractivity contribution is 0.0696. The maximum absolute atomic E-state index is 12.9. The third-order valence-corrected chi connectivity index (χ3v) is 5.69. The Balaban J connectivity index is 2.60. The number of sulfonamides is 1. The molecule has 0 saturated carbocycles. The number of carbonyl (C=O) groups is 1. The van der Waals surface area contributed by atoms with Crippen molar-refractivity contribution in [3.63, 3.8) is 0 Å². The topological polar surface area (TPSA) is 74.7 Å². The Labute approximate surface area is 136 Å². The predicted molar refractivity (Wildman–Crippen MR) is 89.6 cm³/mol. The van der Waals surface area contributed by atoms with E-state index in [0.29, 0.717) is 11.3 Å². The summed E-state index contributed by atoms with van der Waals surface area (Å²) in [4.78, 5) is 11.1. The zero-order chi connectivity index (χ0) is 17.4. The molecule has 5 nitrogen and oxygen atoms in total. The van der Waals surface area contributed by atoms with Gasteiger partial charge in [-0.05, 0) is 55.7 Å². The van der Waals surface area contributed by atoms with E-state index in [2.05, 4.69) is 0 Å². The van der Waals surface area contributed by atoms with E-state index in [9.17, 15) is 13.2 Å². The fourth-order valence-electron chi connectivity index (χ4n) is 2.35. The summed E-state index contributed by atoms with van der Waals surface area (Å²) in [6, 6.07) is 9.67. The summed E-state index contributed by atoms with van der Waals surface area (Å²) in [6.45, 7) is 5.37. The van der Waals surface area contributed by atoms with Gasteiger partial charge in [0.2, 0.25) is 0 Å². The lowest BCUT2D eigenvalue weighted by atomic mass is 10.1. The molecule has 1 N–H and O–H groups in total. The Morgan fingerprint density at radius 2 is 1.61 bits per heavy atom. The minimum absolute atomic E-state index is 0.000746. The molecule has 0 aliphatic heterocycles. The summed E-state index contributed by atoms with van der Waals surface area (Å²) < 4.78 is 27.0. The third kappa shape index (κ3) is 3.22. The molecule has 0 radical (unpaired) electrons. The van der Waals surface area contributed by atoms with Gasteiger partial charge in [-0.15, -0.1) is 0 Å². The van der Waals surface area contributed by atoms with Gasteiger partial charge in [0, 0.05) is 7.05 Å². The van der Waals surface area contributed by atoms with Crippen molar-refractivity contribution in [3.8, 4) is 0 Å². The Bertz CT molecular complexity index is 872. The van der Waals surface area contributed by atoms with Gasteiger partial charge < -0.3 is 5.11 Å². The van der Waals surface area contributed by atoms with E-state index in [1.807, 2.05) is 26.0 Å². The monoisotopic (exact) mass is 333 g/mol. The van der Waals surface area contributed by atoms with Gasteiger partial charge in [-0.2, -0.15) is 0 Å². The van der Waals surface area contributed by atoms with Crippen molar-refractivity contribution in [2.75, 3.05) is 11.4 Å². The van der Waals surface area contributed by atoms with E-state index < -0.39 is 16.0 Å². The molecule has 0 aromatic heterocycles. The molecular formula is C17H19NO4S. The highest BCUT2D eigenvalue weighted by Gasteiger charge is 2.25. The normalized spacial score (nSPS) is 11.3. The second-order valence-corrected chi connectivity index (χ2v) is 7.49. The maximum Gasteiger partial charge on any atom is 0.335 e. The summed E-state index contributed by atoms with van der Waals surface area (Å²) in [5, 5.41) is 9.09. The van der Waals surface area contributed by atoms with E-state index in [-0.39, 0.29) is 10.5 Å². The molecule has 0 atom stereocenters. The van der Waals surface area contributed by atoms with Crippen molar-refractivity contribution in [1.29, 1.82) is 0 Å². The Morgan fingerprint density at radius 1 is 1.00 bits per heavy atom. The molecule has 0 heterocycles. The highest BCUT2D eigenvalue weighted by molar-refractivity contribution is 7.92. The standard InChI is InChI=1S/C17H19NO4S/c1-11-5-6-12(2)15(9-11)18(4)23(21,22)16-10-14(17(19)20)8-7-13(16)3/h5-10H,1-4H3,(H,19,20). The largest absolute Gasteiger partial charge is 0.478 e. The minimum atomic E-state index is -3.85. The van der Waals surface area contributed by atoms with Gasteiger partial charge in [0.1, 0.15) is 0 Å². The fourth-order valence-corrected chi connectivity index (χ4v) is 3.85. The Kier molecular flexibility index (Phi) is 4.47. The first kappa shape index (κ1) is 17.0. The van der Waals surface area contributed by atoms with Gasteiger partial charge in [-0.1, -0.05) is 18.2 Å². The maximum atomic E-state index is 12.9. The first-order valence-corrected chi connectivity index (χ1v) is 8.48. The van der Waals surface area contributed by atoms with Gasteiger partial charge in [0.15, 0.2) is 0 Å². The van der Waals surface area contributed by atoms with Crippen LogP contribution >= 0.6 is 0 Å². The van der Waals surface area contributed by atoms with Crippen molar-refractivity contribution < 1.29 is 18.3 Å². The molecule has 23 heavy (non-hydrogen) atoms. The summed E-state index contributed by atoms with van der Waals surface area (Å²) in [7, 11) is -2.37. The summed E-state index contributed by atoms with van der Waals surface area (Å²) >= 11 is 0. The molecule has 2 aromatic rings. The van der Waals surface area contributed by atoms with Gasteiger partial charge in [-0.25, -0.2) is 13.2 Å². The number of aromatic carboxylic acids is 1. The van der Waals surface area contributed by atoms with Crippen molar-refractivity contribution in [2.45, 2.75) is 25.7 Å². The average Bonchev–Trinajstić information content (AvgIpc) is 2.49. The molecule has 0 amide bonds. The molecule has 0 aliphatic carbocycles. The molecule has 122 valence electrons. The molecular weight excluding hydrogens is 314 g/mol. The van der Waals surface area contributed by atoms with Crippen LogP contribution in [0.3, 0.4) is 0 Å². The number of carboxylic acids is 1. The minimum Gasteiger partial charge on any atom is -0.478 e. The van der Waals surface area contributed by atoms with Gasteiger partial charge in [0.25, 0.3) is 10.0 Å². The molecule has 0 saturated heterocycles. The molecule has 0 spiro atoms. The van der Waals surface area contributed by atoms with Crippen LogP contribution in [0.5, 0.6) is 0 Å². The van der Waals surface area contributed by atoms with E-state index >= 15 is 0 Å². The molecule has 0 unspecified atom stereocenters. The van der Waals surface area contributed by atoms with E-state index in [4.69, 9.17) is 5.11 Å².